The summed E-state index contributed by atoms with van der Waals surface area (Å²) in [6.45, 7) is 10.0. The van der Waals surface area contributed by atoms with E-state index in [-0.39, 0.29) is 5.54 Å². The van der Waals surface area contributed by atoms with Crippen LogP contribution < -0.4 is 5.73 Å². The van der Waals surface area contributed by atoms with Gasteiger partial charge >= 0.3 is 0 Å². The largest absolute Gasteiger partial charge is 0.329 e. The van der Waals surface area contributed by atoms with Gasteiger partial charge in [0.2, 0.25) is 0 Å². The number of aryl methyl sites for hydroxylation is 1. The van der Waals surface area contributed by atoms with E-state index in [1.54, 1.807) is 0 Å². The first-order valence-electron chi connectivity index (χ1n) is 7.55. The zero-order chi connectivity index (χ0) is 13.9. The molecule has 0 spiro atoms. The fourth-order valence-electron chi connectivity index (χ4n) is 3.21. The highest BCUT2D eigenvalue weighted by Crippen LogP contribution is 2.27. The minimum Gasteiger partial charge on any atom is -0.329 e. The van der Waals surface area contributed by atoms with E-state index < -0.39 is 0 Å². The summed E-state index contributed by atoms with van der Waals surface area (Å²) in [5, 5.41) is 0. The molecule has 2 N–H and O–H groups in total. The molecule has 0 bridgehead atoms. The summed E-state index contributed by atoms with van der Waals surface area (Å²) in [6, 6.07) is 8.70. The van der Waals surface area contributed by atoms with Crippen LogP contribution in [-0.4, -0.2) is 30.1 Å². The molecule has 0 aliphatic carbocycles. The molecule has 1 aliphatic heterocycles. The van der Waals surface area contributed by atoms with Gasteiger partial charge in [0.15, 0.2) is 0 Å². The summed E-state index contributed by atoms with van der Waals surface area (Å²) >= 11 is 0. The van der Waals surface area contributed by atoms with Crippen molar-refractivity contribution in [1.82, 2.24) is 4.90 Å². The van der Waals surface area contributed by atoms with E-state index >= 15 is 0 Å². The van der Waals surface area contributed by atoms with E-state index in [0.717, 1.165) is 18.9 Å². The lowest BCUT2D eigenvalue weighted by Crippen LogP contribution is -2.56. The fraction of sp³-hybridized carbons (Fsp3) is 0.647. The van der Waals surface area contributed by atoms with Gasteiger partial charge in [0, 0.05) is 18.6 Å². The molecule has 1 aromatic rings. The van der Waals surface area contributed by atoms with Crippen molar-refractivity contribution in [2.45, 2.75) is 45.6 Å². The normalized spacial score (nSPS) is 24.1. The molecule has 19 heavy (non-hydrogen) atoms. The van der Waals surface area contributed by atoms with Crippen molar-refractivity contribution in [3.8, 4) is 0 Å². The molecule has 0 saturated carbocycles. The van der Waals surface area contributed by atoms with Gasteiger partial charge in [-0.3, -0.25) is 4.90 Å². The number of nitrogens with zero attached hydrogens (tertiary/aromatic N) is 1. The van der Waals surface area contributed by atoms with Crippen LogP contribution in [0.5, 0.6) is 0 Å². The second-order valence-electron chi connectivity index (χ2n) is 6.50. The molecule has 2 atom stereocenters. The average Bonchev–Trinajstić information content (AvgIpc) is 2.41. The summed E-state index contributed by atoms with van der Waals surface area (Å²) in [5.41, 5.74) is 9.06. The van der Waals surface area contributed by atoms with Crippen LogP contribution in [0, 0.1) is 12.8 Å². The Morgan fingerprint density at radius 1 is 1.37 bits per heavy atom. The summed E-state index contributed by atoms with van der Waals surface area (Å²) in [4.78, 5) is 2.62. The van der Waals surface area contributed by atoms with E-state index in [4.69, 9.17) is 5.73 Å². The number of nitrogens with two attached hydrogens (primary N) is 1. The predicted octanol–water partition coefficient (Wildman–Crippen LogP) is 2.99. The Kier molecular flexibility index (Phi) is 4.64. The van der Waals surface area contributed by atoms with Crippen molar-refractivity contribution >= 4 is 0 Å². The molecule has 1 heterocycles. The first-order chi connectivity index (χ1) is 9.05. The molecule has 1 saturated heterocycles. The van der Waals surface area contributed by atoms with Gasteiger partial charge in [-0.15, -0.1) is 0 Å². The fourth-order valence-corrected chi connectivity index (χ4v) is 3.21. The monoisotopic (exact) mass is 260 g/mol. The van der Waals surface area contributed by atoms with Gasteiger partial charge in [-0.2, -0.15) is 0 Å². The maximum Gasteiger partial charge on any atom is 0.0344 e. The molecule has 2 unspecified atom stereocenters. The highest BCUT2D eigenvalue weighted by Gasteiger charge is 2.33. The van der Waals surface area contributed by atoms with Gasteiger partial charge < -0.3 is 5.73 Å². The quantitative estimate of drug-likeness (QED) is 0.902. The van der Waals surface area contributed by atoms with Crippen molar-refractivity contribution < 1.29 is 0 Å². The van der Waals surface area contributed by atoms with Gasteiger partial charge in [-0.25, -0.2) is 0 Å². The first-order valence-corrected chi connectivity index (χ1v) is 7.55. The number of likely N-dealkylation sites (tertiary alicyclic amines) is 1. The van der Waals surface area contributed by atoms with Crippen LogP contribution in [0.1, 0.15) is 37.8 Å². The lowest BCUT2D eigenvalue weighted by molar-refractivity contribution is 0.0640. The van der Waals surface area contributed by atoms with Gasteiger partial charge in [-0.1, -0.05) is 31.2 Å². The molecule has 1 aliphatic rings. The molecule has 2 rings (SSSR count). The molecule has 0 amide bonds. The summed E-state index contributed by atoms with van der Waals surface area (Å²) < 4.78 is 0. The number of hydrogen-bond acceptors (Lipinski definition) is 2. The minimum absolute atomic E-state index is 0.0980. The number of benzene rings is 1. The van der Waals surface area contributed by atoms with E-state index in [1.807, 2.05) is 0 Å². The Morgan fingerprint density at radius 2 is 2.11 bits per heavy atom. The Bertz CT molecular complexity index is 415. The lowest BCUT2D eigenvalue weighted by atomic mass is 9.86. The molecule has 1 aromatic carbocycles. The Hall–Kier alpha value is -0.860. The van der Waals surface area contributed by atoms with Crippen LogP contribution in [-0.2, 0) is 6.42 Å². The van der Waals surface area contributed by atoms with Crippen LogP contribution in [0.2, 0.25) is 0 Å². The third-order valence-corrected chi connectivity index (χ3v) is 4.69. The molecule has 106 valence electrons. The summed E-state index contributed by atoms with van der Waals surface area (Å²) in [7, 11) is 0. The summed E-state index contributed by atoms with van der Waals surface area (Å²) in [6.07, 6.45) is 3.73. The van der Waals surface area contributed by atoms with Crippen molar-refractivity contribution in [1.29, 1.82) is 0 Å². The van der Waals surface area contributed by atoms with Crippen molar-refractivity contribution in [3.05, 3.63) is 35.4 Å². The van der Waals surface area contributed by atoms with Gasteiger partial charge in [0.05, 0.1) is 0 Å². The molecular weight excluding hydrogens is 232 g/mol. The molecule has 0 radical (unpaired) electrons. The first kappa shape index (κ1) is 14.5. The van der Waals surface area contributed by atoms with Gasteiger partial charge in [-0.05, 0) is 56.7 Å². The van der Waals surface area contributed by atoms with E-state index in [9.17, 15) is 0 Å². The Morgan fingerprint density at radius 3 is 2.74 bits per heavy atom. The third-order valence-electron chi connectivity index (χ3n) is 4.69. The number of piperidine rings is 1. The highest BCUT2D eigenvalue weighted by molar-refractivity contribution is 5.27. The average molecular weight is 260 g/mol. The van der Waals surface area contributed by atoms with Crippen LogP contribution in [0.3, 0.4) is 0 Å². The Labute approximate surface area is 118 Å². The highest BCUT2D eigenvalue weighted by atomic mass is 15.2. The van der Waals surface area contributed by atoms with Crippen molar-refractivity contribution in [3.63, 3.8) is 0 Å². The zero-order valence-electron chi connectivity index (χ0n) is 12.7. The lowest BCUT2D eigenvalue weighted by Gasteiger charge is -2.45. The second kappa shape index (κ2) is 6.06. The van der Waals surface area contributed by atoms with Gasteiger partial charge in [0.1, 0.15) is 0 Å². The standard InChI is InChI=1S/C17H28N2/c1-14-7-6-10-19(12-14)17(3,13-18)11-16-9-5-4-8-15(16)2/h4-5,8-9,14H,6-7,10-13,18H2,1-3H3. The van der Waals surface area contributed by atoms with Crippen LogP contribution >= 0.6 is 0 Å². The van der Waals surface area contributed by atoms with Crippen molar-refractivity contribution in [2.24, 2.45) is 11.7 Å². The zero-order valence-corrected chi connectivity index (χ0v) is 12.7. The number of hydrogen-bond donors (Lipinski definition) is 1. The molecule has 2 heteroatoms. The van der Waals surface area contributed by atoms with E-state index in [1.165, 1.54) is 37.1 Å². The maximum atomic E-state index is 6.14. The van der Waals surface area contributed by atoms with Crippen LogP contribution in [0.4, 0.5) is 0 Å². The topological polar surface area (TPSA) is 29.3 Å². The molecular formula is C17H28N2. The minimum atomic E-state index is 0.0980. The number of rotatable bonds is 4. The SMILES string of the molecule is Cc1ccccc1CC(C)(CN)N1CCCC(C)C1. The Balaban J connectivity index is 2.15. The summed E-state index contributed by atoms with van der Waals surface area (Å²) in [5.74, 6) is 0.802. The van der Waals surface area contributed by atoms with Gasteiger partial charge in [0.25, 0.3) is 0 Å². The third kappa shape index (κ3) is 3.37. The molecule has 1 fully saturated rings. The van der Waals surface area contributed by atoms with E-state index in [0.29, 0.717) is 0 Å². The smallest absolute Gasteiger partial charge is 0.0344 e. The second-order valence-corrected chi connectivity index (χ2v) is 6.50. The van der Waals surface area contributed by atoms with Crippen LogP contribution in [0.15, 0.2) is 24.3 Å². The van der Waals surface area contributed by atoms with E-state index in [2.05, 4.69) is 49.9 Å². The molecule has 2 nitrogen and oxygen atoms in total. The van der Waals surface area contributed by atoms with Crippen molar-refractivity contribution in [2.75, 3.05) is 19.6 Å². The molecule has 0 aromatic heterocycles. The van der Waals surface area contributed by atoms with Crippen LogP contribution in [0.25, 0.3) is 0 Å². The predicted molar refractivity (Wildman–Crippen MR) is 82.3 cm³/mol. The maximum absolute atomic E-state index is 6.14.